The van der Waals surface area contributed by atoms with Crippen LogP contribution in [0.25, 0.3) is 0 Å². The summed E-state index contributed by atoms with van der Waals surface area (Å²) in [5.41, 5.74) is 0.316. The SMILES string of the molecule is CC(C)CNCC1(CCCOCC(F)(F)F)CCC1. The zero-order valence-corrected chi connectivity index (χ0v) is 12.0. The second-order valence-electron chi connectivity index (χ2n) is 6.15. The summed E-state index contributed by atoms with van der Waals surface area (Å²) >= 11 is 0. The van der Waals surface area contributed by atoms with Crippen LogP contribution < -0.4 is 5.32 Å². The second-order valence-corrected chi connectivity index (χ2v) is 6.15. The van der Waals surface area contributed by atoms with Crippen LogP contribution in [-0.4, -0.2) is 32.5 Å². The van der Waals surface area contributed by atoms with E-state index in [0.29, 0.717) is 11.3 Å². The Kier molecular flexibility index (Phi) is 6.60. The highest BCUT2D eigenvalue weighted by molar-refractivity contribution is 4.89. The molecule has 0 amide bonds. The number of nitrogens with one attached hydrogen (secondary N) is 1. The van der Waals surface area contributed by atoms with Gasteiger partial charge in [0, 0.05) is 13.2 Å². The molecule has 1 saturated carbocycles. The first kappa shape index (κ1) is 16.8. The van der Waals surface area contributed by atoms with Gasteiger partial charge < -0.3 is 10.1 Å². The first-order chi connectivity index (χ1) is 8.83. The molecule has 2 nitrogen and oxygen atoms in total. The van der Waals surface area contributed by atoms with Crippen LogP contribution in [0.5, 0.6) is 0 Å². The summed E-state index contributed by atoms with van der Waals surface area (Å²) in [6.07, 6.45) is 1.11. The van der Waals surface area contributed by atoms with Crippen molar-refractivity contribution < 1.29 is 17.9 Å². The molecule has 1 fully saturated rings. The average Bonchev–Trinajstić information content (AvgIpc) is 2.22. The van der Waals surface area contributed by atoms with Gasteiger partial charge >= 0.3 is 6.18 Å². The molecule has 5 heteroatoms. The summed E-state index contributed by atoms with van der Waals surface area (Å²) in [6.45, 7) is 5.44. The average molecular weight is 281 g/mol. The van der Waals surface area contributed by atoms with E-state index in [1.165, 1.54) is 19.3 Å². The molecule has 0 aromatic rings. The topological polar surface area (TPSA) is 21.3 Å². The number of alkyl halides is 3. The highest BCUT2D eigenvalue weighted by Crippen LogP contribution is 2.44. The zero-order valence-electron chi connectivity index (χ0n) is 12.0. The van der Waals surface area contributed by atoms with Crippen molar-refractivity contribution in [1.29, 1.82) is 0 Å². The molecule has 0 spiro atoms. The molecule has 1 aliphatic rings. The Labute approximate surface area is 114 Å². The molecule has 0 aromatic heterocycles. The Hall–Kier alpha value is -0.290. The molecule has 1 N–H and O–H groups in total. The fourth-order valence-electron chi connectivity index (χ4n) is 2.56. The standard InChI is InChI=1S/C14H26F3NO/c1-12(2)9-18-10-13(5-3-6-13)7-4-8-19-11-14(15,16)17/h12,18H,3-11H2,1-2H3. The largest absolute Gasteiger partial charge is 0.411 e. The first-order valence-corrected chi connectivity index (χ1v) is 7.18. The van der Waals surface area contributed by atoms with E-state index in [1.54, 1.807) is 0 Å². The minimum absolute atomic E-state index is 0.214. The van der Waals surface area contributed by atoms with Gasteiger partial charge in [-0.1, -0.05) is 20.3 Å². The predicted octanol–water partition coefficient (Wildman–Crippen LogP) is 3.76. The smallest absolute Gasteiger partial charge is 0.372 e. The maximum absolute atomic E-state index is 11.9. The van der Waals surface area contributed by atoms with Crippen LogP contribution in [0.15, 0.2) is 0 Å². The lowest BCUT2D eigenvalue weighted by atomic mass is 9.66. The van der Waals surface area contributed by atoms with E-state index in [4.69, 9.17) is 0 Å². The van der Waals surface area contributed by atoms with Crippen LogP contribution in [0, 0.1) is 11.3 Å². The van der Waals surface area contributed by atoms with E-state index in [2.05, 4.69) is 23.9 Å². The summed E-state index contributed by atoms with van der Waals surface area (Å²) < 4.78 is 40.4. The predicted molar refractivity (Wildman–Crippen MR) is 70.1 cm³/mol. The lowest BCUT2D eigenvalue weighted by molar-refractivity contribution is -0.174. The fourth-order valence-corrected chi connectivity index (χ4v) is 2.56. The maximum Gasteiger partial charge on any atom is 0.411 e. The zero-order chi connectivity index (χ0) is 14.4. The van der Waals surface area contributed by atoms with E-state index in [9.17, 15) is 13.2 Å². The second kappa shape index (κ2) is 7.48. The van der Waals surface area contributed by atoms with Crippen molar-refractivity contribution in [3.63, 3.8) is 0 Å². The molecule has 0 unspecified atom stereocenters. The van der Waals surface area contributed by atoms with Crippen molar-refractivity contribution >= 4 is 0 Å². The van der Waals surface area contributed by atoms with Gasteiger partial charge in [0.2, 0.25) is 0 Å². The van der Waals surface area contributed by atoms with Crippen LogP contribution in [0.1, 0.15) is 46.0 Å². The molecule has 0 radical (unpaired) electrons. The number of hydrogen-bond donors (Lipinski definition) is 1. The van der Waals surface area contributed by atoms with Crippen LogP contribution in [0.3, 0.4) is 0 Å². The van der Waals surface area contributed by atoms with Gasteiger partial charge in [-0.05, 0) is 43.6 Å². The van der Waals surface area contributed by atoms with E-state index in [-0.39, 0.29) is 6.61 Å². The van der Waals surface area contributed by atoms with E-state index < -0.39 is 12.8 Å². The number of rotatable bonds is 9. The van der Waals surface area contributed by atoms with Gasteiger partial charge in [0.25, 0.3) is 0 Å². The van der Waals surface area contributed by atoms with Crippen LogP contribution in [0.4, 0.5) is 13.2 Å². The molecule has 0 aliphatic heterocycles. The van der Waals surface area contributed by atoms with Gasteiger partial charge in [0.15, 0.2) is 0 Å². The van der Waals surface area contributed by atoms with E-state index in [1.807, 2.05) is 0 Å². The molecular weight excluding hydrogens is 255 g/mol. The summed E-state index contributed by atoms with van der Waals surface area (Å²) in [5.74, 6) is 0.632. The molecule has 1 rings (SSSR count). The Bertz CT molecular complexity index is 250. The Morgan fingerprint density at radius 3 is 2.42 bits per heavy atom. The molecular formula is C14H26F3NO. The van der Waals surface area contributed by atoms with Crippen molar-refractivity contribution in [3.05, 3.63) is 0 Å². The molecule has 114 valence electrons. The molecule has 0 bridgehead atoms. The number of halogens is 3. The molecule has 0 aromatic carbocycles. The minimum Gasteiger partial charge on any atom is -0.372 e. The third-order valence-corrected chi connectivity index (χ3v) is 3.73. The third kappa shape index (κ3) is 7.16. The van der Waals surface area contributed by atoms with Gasteiger partial charge in [0.05, 0.1) is 0 Å². The maximum atomic E-state index is 11.9. The van der Waals surface area contributed by atoms with Crippen molar-refractivity contribution in [2.45, 2.75) is 52.1 Å². The Morgan fingerprint density at radius 2 is 1.95 bits per heavy atom. The van der Waals surface area contributed by atoms with Crippen LogP contribution in [-0.2, 0) is 4.74 Å². The lowest BCUT2D eigenvalue weighted by Crippen LogP contribution is -2.41. The van der Waals surface area contributed by atoms with Crippen molar-refractivity contribution in [2.75, 3.05) is 26.3 Å². The fraction of sp³-hybridized carbons (Fsp3) is 1.00. The van der Waals surface area contributed by atoms with Gasteiger partial charge in [-0.3, -0.25) is 0 Å². The van der Waals surface area contributed by atoms with E-state index >= 15 is 0 Å². The normalized spacial score (nSPS) is 18.6. The molecule has 0 atom stereocenters. The molecule has 19 heavy (non-hydrogen) atoms. The van der Waals surface area contributed by atoms with Crippen LogP contribution in [0.2, 0.25) is 0 Å². The van der Waals surface area contributed by atoms with Crippen molar-refractivity contribution in [1.82, 2.24) is 5.32 Å². The van der Waals surface area contributed by atoms with Gasteiger partial charge in [-0.15, -0.1) is 0 Å². The third-order valence-electron chi connectivity index (χ3n) is 3.73. The summed E-state index contributed by atoms with van der Waals surface area (Å²) in [6, 6.07) is 0. The molecule has 0 heterocycles. The van der Waals surface area contributed by atoms with Gasteiger partial charge in [0.1, 0.15) is 6.61 Å². The Morgan fingerprint density at radius 1 is 1.26 bits per heavy atom. The summed E-state index contributed by atoms with van der Waals surface area (Å²) in [5, 5.41) is 3.47. The van der Waals surface area contributed by atoms with Crippen molar-refractivity contribution in [3.8, 4) is 0 Å². The summed E-state index contributed by atoms with van der Waals surface area (Å²) in [7, 11) is 0. The van der Waals surface area contributed by atoms with E-state index in [0.717, 1.165) is 25.9 Å². The van der Waals surface area contributed by atoms with Crippen LogP contribution >= 0.6 is 0 Å². The Balaban J connectivity index is 2.11. The lowest BCUT2D eigenvalue weighted by Gasteiger charge is -2.42. The van der Waals surface area contributed by atoms with Gasteiger partial charge in [-0.2, -0.15) is 13.2 Å². The number of ether oxygens (including phenoxy) is 1. The minimum atomic E-state index is -4.20. The monoisotopic (exact) mass is 281 g/mol. The number of hydrogen-bond acceptors (Lipinski definition) is 2. The van der Waals surface area contributed by atoms with Crippen molar-refractivity contribution in [2.24, 2.45) is 11.3 Å². The van der Waals surface area contributed by atoms with Gasteiger partial charge in [-0.25, -0.2) is 0 Å². The highest BCUT2D eigenvalue weighted by atomic mass is 19.4. The molecule has 0 saturated heterocycles. The molecule has 1 aliphatic carbocycles. The highest BCUT2D eigenvalue weighted by Gasteiger charge is 2.36. The first-order valence-electron chi connectivity index (χ1n) is 7.18. The summed E-state index contributed by atoms with van der Waals surface area (Å²) in [4.78, 5) is 0. The quantitative estimate of drug-likeness (QED) is 0.650.